The van der Waals surface area contributed by atoms with E-state index in [0.717, 1.165) is 11.1 Å². The molecule has 0 saturated heterocycles. The SMILES string of the molecule is CCOC(=O)CC(c1ccc(OC)c(F)c1)c1cc(CCCC(C)O)cn1S(=O)(=O)c1ccc(C)cc1. The summed E-state index contributed by atoms with van der Waals surface area (Å²) in [5.41, 5.74) is 2.39. The van der Waals surface area contributed by atoms with Gasteiger partial charge in [0.15, 0.2) is 11.6 Å². The number of aliphatic hydroxyl groups excluding tert-OH is 1. The summed E-state index contributed by atoms with van der Waals surface area (Å²) in [6.45, 7) is 5.41. The van der Waals surface area contributed by atoms with Crippen LogP contribution < -0.4 is 4.74 Å². The van der Waals surface area contributed by atoms with Crippen LogP contribution >= 0.6 is 0 Å². The predicted octanol–water partition coefficient (Wildman–Crippen LogP) is 4.97. The predicted molar refractivity (Wildman–Crippen MR) is 139 cm³/mol. The summed E-state index contributed by atoms with van der Waals surface area (Å²) in [5.74, 6) is -1.91. The Hall–Kier alpha value is -3.17. The molecule has 200 valence electrons. The van der Waals surface area contributed by atoms with Gasteiger partial charge in [-0.25, -0.2) is 16.8 Å². The molecule has 37 heavy (non-hydrogen) atoms. The van der Waals surface area contributed by atoms with Crippen molar-refractivity contribution in [2.45, 2.75) is 63.4 Å². The zero-order valence-corrected chi connectivity index (χ0v) is 22.4. The first kappa shape index (κ1) is 28.4. The Bertz CT molecular complexity index is 1310. The van der Waals surface area contributed by atoms with Crippen molar-refractivity contribution in [2.75, 3.05) is 13.7 Å². The van der Waals surface area contributed by atoms with Gasteiger partial charge in [0.25, 0.3) is 10.0 Å². The maximum absolute atomic E-state index is 14.7. The third-order valence-electron chi connectivity index (χ3n) is 6.15. The van der Waals surface area contributed by atoms with Crippen molar-refractivity contribution in [1.82, 2.24) is 3.97 Å². The molecule has 2 unspecified atom stereocenters. The number of carbonyl (C=O) groups is 1. The van der Waals surface area contributed by atoms with E-state index < -0.39 is 33.8 Å². The van der Waals surface area contributed by atoms with E-state index in [4.69, 9.17) is 9.47 Å². The van der Waals surface area contributed by atoms with Crippen molar-refractivity contribution in [2.24, 2.45) is 0 Å². The summed E-state index contributed by atoms with van der Waals surface area (Å²) in [4.78, 5) is 12.7. The lowest BCUT2D eigenvalue weighted by atomic mass is 9.92. The van der Waals surface area contributed by atoms with Crippen molar-refractivity contribution in [3.8, 4) is 5.75 Å². The van der Waals surface area contributed by atoms with Crippen LogP contribution in [0.2, 0.25) is 0 Å². The lowest BCUT2D eigenvalue weighted by Crippen LogP contribution is -2.20. The number of esters is 1. The van der Waals surface area contributed by atoms with Crippen LogP contribution in [-0.4, -0.2) is 43.3 Å². The molecule has 0 fully saturated rings. The zero-order valence-electron chi connectivity index (χ0n) is 21.6. The molecular formula is C28H34FNO6S. The molecule has 0 radical (unpaired) electrons. The summed E-state index contributed by atoms with van der Waals surface area (Å²) in [5, 5.41) is 9.65. The minimum absolute atomic E-state index is 0.0418. The van der Waals surface area contributed by atoms with Gasteiger partial charge in [0.05, 0.1) is 31.1 Å². The lowest BCUT2D eigenvalue weighted by molar-refractivity contribution is -0.143. The number of carbonyl (C=O) groups excluding carboxylic acids is 1. The Morgan fingerprint density at radius 2 is 1.84 bits per heavy atom. The molecule has 2 aromatic carbocycles. The Balaban J connectivity index is 2.17. The van der Waals surface area contributed by atoms with Crippen molar-refractivity contribution in [3.05, 3.63) is 82.9 Å². The molecule has 1 N–H and O–H groups in total. The fraction of sp³-hybridized carbons (Fsp3) is 0.393. The van der Waals surface area contributed by atoms with Crippen molar-refractivity contribution < 1.29 is 32.2 Å². The number of hydrogen-bond donors (Lipinski definition) is 1. The second-order valence-corrected chi connectivity index (χ2v) is 10.9. The van der Waals surface area contributed by atoms with Crippen LogP contribution in [0.25, 0.3) is 0 Å². The average Bonchev–Trinajstić information content (AvgIpc) is 3.27. The monoisotopic (exact) mass is 531 g/mol. The highest BCUT2D eigenvalue weighted by Gasteiger charge is 2.29. The first-order chi connectivity index (χ1) is 17.6. The molecule has 9 heteroatoms. The molecular weight excluding hydrogens is 497 g/mol. The number of aromatic nitrogens is 1. The Morgan fingerprint density at radius 1 is 1.14 bits per heavy atom. The van der Waals surface area contributed by atoms with Gasteiger partial charge in [-0.15, -0.1) is 0 Å². The molecule has 0 saturated carbocycles. The van der Waals surface area contributed by atoms with Crippen molar-refractivity contribution in [3.63, 3.8) is 0 Å². The normalized spacial score (nSPS) is 13.2. The molecule has 0 aliphatic rings. The minimum atomic E-state index is -4.03. The first-order valence-electron chi connectivity index (χ1n) is 12.3. The van der Waals surface area contributed by atoms with Crippen LogP contribution in [0.4, 0.5) is 4.39 Å². The molecule has 1 aromatic heterocycles. The average molecular weight is 532 g/mol. The van der Waals surface area contributed by atoms with Gasteiger partial charge in [-0.05, 0) is 81.5 Å². The molecule has 0 spiro atoms. The minimum Gasteiger partial charge on any atom is -0.494 e. The number of hydrogen-bond acceptors (Lipinski definition) is 6. The molecule has 0 aliphatic carbocycles. The second-order valence-electron chi connectivity index (χ2n) is 9.08. The van der Waals surface area contributed by atoms with Crippen LogP contribution in [0.15, 0.2) is 59.6 Å². The highest BCUT2D eigenvalue weighted by Crippen LogP contribution is 2.35. The third-order valence-corrected chi connectivity index (χ3v) is 7.85. The van der Waals surface area contributed by atoms with Gasteiger partial charge in [0.1, 0.15) is 0 Å². The molecule has 0 bridgehead atoms. The highest BCUT2D eigenvalue weighted by molar-refractivity contribution is 7.90. The number of nitrogens with zero attached hydrogens (tertiary/aromatic N) is 1. The van der Waals surface area contributed by atoms with Gasteiger partial charge in [-0.1, -0.05) is 23.8 Å². The van der Waals surface area contributed by atoms with Gasteiger partial charge in [0, 0.05) is 17.8 Å². The summed E-state index contributed by atoms with van der Waals surface area (Å²) in [6.07, 6.45) is 2.62. The van der Waals surface area contributed by atoms with Crippen LogP contribution in [0, 0.1) is 12.7 Å². The Morgan fingerprint density at radius 3 is 2.43 bits per heavy atom. The number of aliphatic hydroxyl groups is 1. The number of aryl methyl sites for hydroxylation is 2. The largest absolute Gasteiger partial charge is 0.494 e. The quantitative estimate of drug-likeness (QED) is 0.332. The first-order valence-corrected chi connectivity index (χ1v) is 13.7. The van der Waals surface area contributed by atoms with E-state index in [1.165, 1.54) is 35.3 Å². The highest BCUT2D eigenvalue weighted by atomic mass is 32.2. The summed E-state index contributed by atoms with van der Waals surface area (Å²) in [6, 6.07) is 12.6. The number of ether oxygens (including phenoxy) is 2. The van der Waals surface area contributed by atoms with Crippen LogP contribution in [0.5, 0.6) is 5.75 Å². The summed E-state index contributed by atoms with van der Waals surface area (Å²) < 4.78 is 53.7. The molecule has 3 aromatic rings. The van der Waals surface area contributed by atoms with E-state index in [1.54, 1.807) is 44.3 Å². The van der Waals surface area contributed by atoms with Gasteiger partial charge in [0.2, 0.25) is 0 Å². The van der Waals surface area contributed by atoms with Crippen molar-refractivity contribution >= 4 is 16.0 Å². The number of benzene rings is 2. The number of methoxy groups -OCH3 is 1. The third kappa shape index (κ3) is 6.99. The molecule has 2 atom stereocenters. The second kappa shape index (κ2) is 12.4. The zero-order chi connectivity index (χ0) is 27.2. The van der Waals surface area contributed by atoms with E-state index in [-0.39, 0.29) is 23.7 Å². The molecule has 1 heterocycles. The lowest BCUT2D eigenvalue weighted by Gasteiger charge is -2.20. The smallest absolute Gasteiger partial charge is 0.306 e. The van der Waals surface area contributed by atoms with E-state index in [2.05, 4.69) is 0 Å². The van der Waals surface area contributed by atoms with Gasteiger partial charge < -0.3 is 14.6 Å². The van der Waals surface area contributed by atoms with E-state index in [9.17, 15) is 22.7 Å². The fourth-order valence-electron chi connectivity index (χ4n) is 4.22. The van der Waals surface area contributed by atoms with E-state index >= 15 is 0 Å². The van der Waals surface area contributed by atoms with Gasteiger partial charge in [-0.2, -0.15) is 0 Å². The van der Waals surface area contributed by atoms with Gasteiger partial charge in [-0.3, -0.25) is 4.79 Å². The topological polar surface area (TPSA) is 94.8 Å². The maximum atomic E-state index is 14.7. The summed E-state index contributed by atoms with van der Waals surface area (Å²) in [7, 11) is -2.68. The fourth-order valence-corrected chi connectivity index (χ4v) is 5.66. The molecule has 0 aliphatic heterocycles. The Labute approximate surface area is 217 Å². The van der Waals surface area contributed by atoms with E-state index in [1.807, 2.05) is 6.92 Å². The van der Waals surface area contributed by atoms with Gasteiger partial charge >= 0.3 is 5.97 Å². The molecule has 3 rings (SSSR count). The van der Waals surface area contributed by atoms with Crippen molar-refractivity contribution in [1.29, 1.82) is 0 Å². The van der Waals surface area contributed by atoms with Crippen LogP contribution in [0.3, 0.4) is 0 Å². The molecule has 0 amide bonds. The Kier molecular flexibility index (Phi) is 9.50. The number of halogens is 1. The van der Waals surface area contributed by atoms with E-state index in [0.29, 0.717) is 30.5 Å². The van der Waals surface area contributed by atoms with Crippen LogP contribution in [0.1, 0.15) is 61.4 Å². The number of rotatable bonds is 12. The summed E-state index contributed by atoms with van der Waals surface area (Å²) >= 11 is 0. The maximum Gasteiger partial charge on any atom is 0.306 e. The van der Waals surface area contributed by atoms with Crippen LogP contribution in [-0.2, 0) is 26.0 Å². The standard InChI is InChI=1S/C28H34FNO6S/c1-5-36-28(32)17-24(22-11-14-27(35-4)25(29)16-22)26-15-21(8-6-7-20(3)31)18-30(26)37(33,34)23-12-9-19(2)10-13-23/h9-16,18,20,24,31H,5-8,17H2,1-4H3. The molecule has 7 nitrogen and oxygen atoms in total.